The maximum Gasteiger partial charge on any atom is 0.307 e. The van der Waals surface area contributed by atoms with Gasteiger partial charge in [0.15, 0.2) is 6.61 Å². The van der Waals surface area contributed by atoms with Crippen LogP contribution in [0.3, 0.4) is 0 Å². The van der Waals surface area contributed by atoms with E-state index in [0.717, 1.165) is 11.1 Å². The first-order valence-electron chi connectivity index (χ1n) is 8.88. The number of esters is 1. The van der Waals surface area contributed by atoms with Crippen molar-refractivity contribution in [3.8, 4) is 5.75 Å². The van der Waals surface area contributed by atoms with E-state index in [0.29, 0.717) is 11.4 Å². The minimum atomic E-state index is -3.73. The molecule has 2 aromatic rings. The van der Waals surface area contributed by atoms with E-state index in [1.54, 1.807) is 36.4 Å². The number of anilines is 1. The lowest BCUT2D eigenvalue weighted by molar-refractivity contribution is -0.147. The number of para-hydroxylation sites is 2. The van der Waals surface area contributed by atoms with Crippen molar-refractivity contribution < 1.29 is 27.5 Å². The summed E-state index contributed by atoms with van der Waals surface area (Å²) in [5.74, 6) is -0.741. The van der Waals surface area contributed by atoms with E-state index in [-0.39, 0.29) is 17.9 Å². The standard InChI is InChI=1S/C20H24N2O6S/c1-14-8-9-16(12-15(14)2)29(25,26)21-11-10-20(24)28-13-19(23)22-17-6-4-5-7-18(17)27-3/h4-9,12,21H,10-11,13H2,1-3H3,(H,22,23). The Morgan fingerprint density at radius 3 is 2.45 bits per heavy atom. The number of sulfonamides is 1. The summed E-state index contributed by atoms with van der Waals surface area (Å²) in [6, 6.07) is 11.6. The van der Waals surface area contributed by atoms with Crippen molar-refractivity contribution in [2.45, 2.75) is 25.2 Å². The van der Waals surface area contributed by atoms with Crippen LogP contribution in [-0.2, 0) is 24.3 Å². The lowest BCUT2D eigenvalue weighted by atomic mass is 10.1. The highest BCUT2D eigenvalue weighted by molar-refractivity contribution is 7.89. The number of rotatable bonds is 9. The Balaban J connectivity index is 1.78. The Kier molecular flexibility index (Phi) is 7.74. The van der Waals surface area contributed by atoms with Gasteiger partial charge in [-0.3, -0.25) is 9.59 Å². The van der Waals surface area contributed by atoms with Crippen molar-refractivity contribution in [3.05, 3.63) is 53.6 Å². The van der Waals surface area contributed by atoms with Gasteiger partial charge in [0.1, 0.15) is 5.75 Å². The highest BCUT2D eigenvalue weighted by atomic mass is 32.2. The van der Waals surface area contributed by atoms with Crippen molar-refractivity contribution in [2.24, 2.45) is 0 Å². The molecule has 8 nitrogen and oxygen atoms in total. The summed E-state index contributed by atoms with van der Waals surface area (Å²) in [6.07, 6.45) is -0.202. The zero-order valence-corrected chi connectivity index (χ0v) is 17.3. The molecule has 0 aliphatic heterocycles. The summed E-state index contributed by atoms with van der Waals surface area (Å²) in [5, 5.41) is 2.58. The van der Waals surface area contributed by atoms with E-state index >= 15 is 0 Å². The third kappa shape index (κ3) is 6.58. The molecule has 0 spiro atoms. The molecule has 2 rings (SSSR count). The Labute approximate surface area is 170 Å². The van der Waals surface area contributed by atoms with Crippen LogP contribution in [-0.4, -0.2) is 40.6 Å². The van der Waals surface area contributed by atoms with E-state index in [2.05, 4.69) is 10.0 Å². The molecule has 0 aromatic heterocycles. The molecule has 0 unspecified atom stereocenters. The number of carbonyl (C=O) groups is 2. The SMILES string of the molecule is COc1ccccc1NC(=O)COC(=O)CCNS(=O)(=O)c1ccc(C)c(C)c1. The number of ether oxygens (including phenoxy) is 2. The van der Waals surface area contributed by atoms with E-state index in [1.807, 2.05) is 13.8 Å². The predicted molar refractivity (Wildman–Crippen MR) is 108 cm³/mol. The quantitative estimate of drug-likeness (QED) is 0.602. The molecule has 0 aliphatic carbocycles. The minimum Gasteiger partial charge on any atom is -0.495 e. The van der Waals surface area contributed by atoms with E-state index in [9.17, 15) is 18.0 Å². The topological polar surface area (TPSA) is 111 Å². The van der Waals surface area contributed by atoms with Crippen molar-refractivity contribution in [1.29, 1.82) is 0 Å². The summed E-state index contributed by atoms with van der Waals surface area (Å²) in [4.78, 5) is 23.8. The molecule has 0 atom stereocenters. The van der Waals surface area contributed by atoms with Crippen molar-refractivity contribution >= 4 is 27.6 Å². The molecule has 0 radical (unpaired) electrons. The third-order valence-electron chi connectivity index (χ3n) is 4.16. The molecule has 0 saturated carbocycles. The van der Waals surface area contributed by atoms with Gasteiger partial charge in [0.25, 0.3) is 5.91 Å². The fourth-order valence-corrected chi connectivity index (χ4v) is 3.52. The summed E-state index contributed by atoms with van der Waals surface area (Å²) in [7, 11) is -2.25. The number of nitrogens with one attached hydrogen (secondary N) is 2. The number of carbonyl (C=O) groups excluding carboxylic acids is 2. The van der Waals surface area contributed by atoms with Crippen LogP contribution in [0.4, 0.5) is 5.69 Å². The Bertz CT molecular complexity index is 988. The van der Waals surface area contributed by atoms with Crippen molar-refractivity contribution in [2.75, 3.05) is 25.6 Å². The zero-order valence-electron chi connectivity index (χ0n) is 16.5. The van der Waals surface area contributed by atoms with Crippen LogP contribution < -0.4 is 14.8 Å². The summed E-state index contributed by atoms with van der Waals surface area (Å²) < 4.78 is 36.9. The van der Waals surface area contributed by atoms with E-state index in [4.69, 9.17) is 9.47 Å². The number of hydrogen-bond donors (Lipinski definition) is 2. The molecule has 2 N–H and O–H groups in total. The second-order valence-corrected chi connectivity index (χ2v) is 8.07. The van der Waals surface area contributed by atoms with Gasteiger partial charge >= 0.3 is 5.97 Å². The summed E-state index contributed by atoms with van der Waals surface area (Å²) >= 11 is 0. The molecule has 9 heteroatoms. The highest BCUT2D eigenvalue weighted by Gasteiger charge is 2.16. The van der Waals surface area contributed by atoms with Crippen LogP contribution in [0.2, 0.25) is 0 Å². The monoisotopic (exact) mass is 420 g/mol. The van der Waals surface area contributed by atoms with Gasteiger partial charge in [-0.2, -0.15) is 0 Å². The van der Waals surface area contributed by atoms with Gasteiger partial charge in [-0.25, -0.2) is 13.1 Å². The lowest BCUT2D eigenvalue weighted by Crippen LogP contribution is -2.28. The molecule has 0 heterocycles. The Morgan fingerprint density at radius 1 is 1.03 bits per heavy atom. The normalized spacial score (nSPS) is 11.0. The number of amides is 1. The molecular weight excluding hydrogens is 396 g/mol. The largest absolute Gasteiger partial charge is 0.495 e. The Morgan fingerprint density at radius 2 is 1.76 bits per heavy atom. The minimum absolute atomic E-state index is 0.130. The van der Waals surface area contributed by atoms with Gasteiger partial charge in [0, 0.05) is 6.54 Å². The van der Waals surface area contributed by atoms with Gasteiger partial charge in [-0.15, -0.1) is 0 Å². The van der Waals surface area contributed by atoms with Gasteiger partial charge in [-0.1, -0.05) is 18.2 Å². The first-order valence-corrected chi connectivity index (χ1v) is 10.4. The predicted octanol–water partition coefficient (Wildman–Crippen LogP) is 2.16. The van der Waals surface area contributed by atoms with E-state index in [1.165, 1.54) is 13.2 Å². The Hall–Kier alpha value is -2.91. The number of methoxy groups -OCH3 is 1. The van der Waals surface area contributed by atoms with Crippen molar-refractivity contribution in [1.82, 2.24) is 4.72 Å². The molecule has 0 fully saturated rings. The van der Waals surface area contributed by atoms with Gasteiger partial charge < -0.3 is 14.8 Å². The fourth-order valence-electron chi connectivity index (χ4n) is 2.40. The maximum atomic E-state index is 12.3. The smallest absolute Gasteiger partial charge is 0.307 e. The first kappa shape index (κ1) is 22.4. The summed E-state index contributed by atoms with van der Waals surface area (Å²) in [6.45, 7) is 3.09. The molecule has 0 aliphatic rings. The van der Waals surface area contributed by atoms with Gasteiger partial charge in [0.05, 0.1) is 24.1 Å². The highest BCUT2D eigenvalue weighted by Crippen LogP contribution is 2.22. The first-order chi connectivity index (χ1) is 13.7. The van der Waals surface area contributed by atoms with Crippen LogP contribution in [0.1, 0.15) is 17.5 Å². The van der Waals surface area contributed by atoms with Crippen LogP contribution in [0, 0.1) is 13.8 Å². The molecule has 29 heavy (non-hydrogen) atoms. The molecule has 1 amide bonds. The van der Waals surface area contributed by atoms with Crippen LogP contribution >= 0.6 is 0 Å². The zero-order chi connectivity index (χ0) is 21.4. The average molecular weight is 420 g/mol. The molecular formula is C20H24N2O6S. The van der Waals surface area contributed by atoms with E-state index < -0.39 is 28.5 Å². The molecule has 0 bridgehead atoms. The summed E-state index contributed by atoms with van der Waals surface area (Å²) in [5.41, 5.74) is 2.30. The van der Waals surface area contributed by atoms with Crippen LogP contribution in [0.25, 0.3) is 0 Å². The van der Waals surface area contributed by atoms with Crippen LogP contribution in [0.5, 0.6) is 5.75 Å². The number of aryl methyl sites for hydroxylation is 2. The number of benzene rings is 2. The molecule has 0 saturated heterocycles. The lowest BCUT2D eigenvalue weighted by Gasteiger charge is -2.10. The van der Waals surface area contributed by atoms with Gasteiger partial charge in [-0.05, 0) is 49.2 Å². The second-order valence-electron chi connectivity index (χ2n) is 6.30. The third-order valence-corrected chi connectivity index (χ3v) is 5.61. The van der Waals surface area contributed by atoms with Crippen molar-refractivity contribution in [3.63, 3.8) is 0 Å². The average Bonchev–Trinajstić information content (AvgIpc) is 2.68. The number of hydrogen-bond acceptors (Lipinski definition) is 6. The second kappa shape index (κ2) is 10.0. The maximum absolute atomic E-state index is 12.3. The van der Waals surface area contributed by atoms with Gasteiger partial charge in [0.2, 0.25) is 10.0 Å². The molecule has 2 aromatic carbocycles. The fraction of sp³-hybridized carbons (Fsp3) is 0.300. The molecule has 156 valence electrons. The van der Waals surface area contributed by atoms with Crippen LogP contribution in [0.15, 0.2) is 47.4 Å².